The molecule has 8 nitrogen and oxygen atoms in total. The Kier molecular flexibility index (Phi) is 5.67. The molecule has 1 fully saturated rings. The van der Waals surface area contributed by atoms with Crippen molar-refractivity contribution in [3.8, 4) is 11.6 Å². The molecule has 0 saturated carbocycles. The minimum Gasteiger partial charge on any atom is -0.461 e. The van der Waals surface area contributed by atoms with E-state index in [2.05, 4.69) is 10.00 Å². The number of nitrogens with zero attached hydrogens (tertiary/aromatic N) is 5. The van der Waals surface area contributed by atoms with Crippen LogP contribution in [0.5, 0.6) is 0 Å². The Morgan fingerprint density at radius 3 is 2.47 bits per heavy atom. The molecule has 1 aliphatic rings. The van der Waals surface area contributed by atoms with Crippen molar-refractivity contribution in [3.05, 3.63) is 52.5 Å². The van der Waals surface area contributed by atoms with Crippen LogP contribution in [0.15, 0.2) is 45.9 Å². The van der Waals surface area contributed by atoms with Crippen molar-refractivity contribution in [2.45, 2.75) is 25.4 Å². The van der Waals surface area contributed by atoms with E-state index >= 15 is 0 Å². The van der Waals surface area contributed by atoms with E-state index in [-0.39, 0.29) is 0 Å². The number of aromatic nitrogens is 3. The Morgan fingerprint density at radius 2 is 1.83 bits per heavy atom. The third kappa shape index (κ3) is 3.87. The number of hydrogen-bond donors (Lipinski definition) is 0. The summed E-state index contributed by atoms with van der Waals surface area (Å²) in [6.07, 6.45) is 1.60. The maximum Gasteiger partial charge on any atom is 0.243 e. The second-order valence-electron chi connectivity index (χ2n) is 7.55. The van der Waals surface area contributed by atoms with Gasteiger partial charge in [0.15, 0.2) is 16.4 Å². The standard InChI is InChI=1S/C20H25N5O3S2/c1-15-6-7-17(13-16(15)2)30(26,27)24-10-8-23(9-11-24)14-25-20(29)22(3)19(21-25)18-5-4-12-28-18/h4-7,12-13H,8-11,14H2,1-3H3. The van der Waals surface area contributed by atoms with Gasteiger partial charge in [-0.05, 0) is 61.5 Å². The molecule has 1 aromatic carbocycles. The summed E-state index contributed by atoms with van der Waals surface area (Å²) < 4.78 is 37.2. The molecule has 0 bridgehead atoms. The van der Waals surface area contributed by atoms with Gasteiger partial charge in [-0.25, -0.2) is 13.1 Å². The second-order valence-corrected chi connectivity index (χ2v) is 9.85. The molecular weight excluding hydrogens is 422 g/mol. The van der Waals surface area contributed by atoms with E-state index in [9.17, 15) is 8.42 Å². The zero-order chi connectivity index (χ0) is 21.5. The van der Waals surface area contributed by atoms with Crippen LogP contribution in [-0.4, -0.2) is 58.1 Å². The summed E-state index contributed by atoms with van der Waals surface area (Å²) in [6.45, 7) is 6.49. The molecule has 0 atom stereocenters. The molecule has 1 saturated heterocycles. The van der Waals surface area contributed by atoms with Crippen molar-refractivity contribution >= 4 is 22.2 Å². The number of furan rings is 1. The smallest absolute Gasteiger partial charge is 0.243 e. The molecule has 4 rings (SSSR count). The molecule has 1 aliphatic heterocycles. The van der Waals surface area contributed by atoms with E-state index in [1.165, 1.54) is 0 Å². The molecule has 10 heteroatoms. The summed E-state index contributed by atoms with van der Waals surface area (Å²) in [6, 6.07) is 8.95. The van der Waals surface area contributed by atoms with Gasteiger partial charge >= 0.3 is 0 Å². The van der Waals surface area contributed by atoms with Crippen LogP contribution in [0.25, 0.3) is 11.6 Å². The fraction of sp³-hybridized carbons (Fsp3) is 0.400. The molecule has 3 aromatic rings. The number of rotatable bonds is 5. The third-order valence-electron chi connectivity index (χ3n) is 5.56. The summed E-state index contributed by atoms with van der Waals surface area (Å²) in [7, 11) is -1.63. The zero-order valence-corrected chi connectivity index (χ0v) is 18.9. The Labute approximate surface area is 181 Å². The largest absolute Gasteiger partial charge is 0.461 e. The molecule has 3 heterocycles. The van der Waals surface area contributed by atoms with Crippen LogP contribution >= 0.6 is 12.2 Å². The number of benzene rings is 1. The number of sulfonamides is 1. The van der Waals surface area contributed by atoms with Gasteiger partial charge in [0.25, 0.3) is 0 Å². The molecule has 0 radical (unpaired) electrons. The van der Waals surface area contributed by atoms with Crippen LogP contribution in [0.3, 0.4) is 0 Å². The average Bonchev–Trinajstić information content (AvgIpc) is 3.35. The monoisotopic (exact) mass is 447 g/mol. The summed E-state index contributed by atoms with van der Waals surface area (Å²) >= 11 is 5.51. The minimum absolute atomic E-state index is 0.356. The lowest BCUT2D eigenvalue weighted by Crippen LogP contribution is -2.48. The SMILES string of the molecule is Cc1ccc(S(=O)(=O)N2CCN(Cn3nc(-c4ccco4)n(C)c3=S)CC2)cc1C. The first kappa shape index (κ1) is 21.0. The lowest BCUT2D eigenvalue weighted by atomic mass is 10.1. The van der Waals surface area contributed by atoms with Crippen LogP contribution in [0.2, 0.25) is 0 Å². The molecule has 30 heavy (non-hydrogen) atoms. The highest BCUT2D eigenvalue weighted by molar-refractivity contribution is 7.89. The highest BCUT2D eigenvalue weighted by Crippen LogP contribution is 2.21. The summed E-state index contributed by atoms with van der Waals surface area (Å²) in [5, 5.41) is 4.59. The predicted octanol–water partition coefficient (Wildman–Crippen LogP) is 2.79. The first-order valence-corrected chi connectivity index (χ1v) is 11.6. The average molecular weight is 448 g/mol. The van der Waals surface area contributed by atoms with Gasteiger partial charge in [-0.1, -0.05) is 6.07 Å². The van der Waals surface area contributed by atoms with Crippen molar-refractivity contribution in [3.63, 3.8) is 0 Å². The maximum absolute atomic E-state index is 13.0. The van der Waals surface area contributed by atoms with Gasteiger partial charge in [0.2, 0.25) is 10.0 Å². The van der Waals surface area contributed by atoms with Crippen LogP contribution < -0.4 is 0 Å². The predicted molar refractivity (Wildman–Crippen MR) is 116 cm³/mol. The first-order chi connectivity index (χ1) is 14.3. The van der Waals surface area contributed by atoms with Crippen LogP contribution in [0, 0.1) is 18.6 Å². The number of hydrogen-bond acceptors (Lipinski definition) is 6. The van der Waals surface area contributed by atoms with Gasteiger partial charge in [0.05, 0.1) is 17.8 Å². The Morgan fingerprint density at radius 1 is 1.10 bits per heavy atom. The van der Waals surface area contributed by atoms with Crippen molar-refractivity contribution in [1.29, 1.82) is 0 Å². The maximum atomic E-state index is 13.0. The van der Waals surface area contributed by atoms with Gasteiger partial charge in [-0.15, -0.1) is 5.10 Å². The highest BCUT2D eigenvalue weighted by atomic mass is 32.2. The fourth-order valence-electron chi connectivity index (χ4n) is 3.52. The fourth-order valence-corrected chi connectivity index (χ4v) is 5.22. The van der Waals surface area contributed by atoms with E-state index in [1.807, 2.05) is 43.7 Å². The molecule has 160 valence electrons. The van der Waals surface area contributed by atoms with Gasteiger partial charge in [0, 0.05) is 33.2 Å². The van der Waals surface area contributed by atoms with Gasteiger partial charge in [-0.3, -0.25) is 4.90 Å². The second kappa shape index (κ2) is 8.10. The van der Waals surface area contributed by atoms with Crippen LogP contribution in [-0.2, 0) is 23.7 Å². The van der Waals surface area contributed by atoms with Crippen LogP contribution in [0.4, 0.5) is 0 Å². The van der Waals surface area contributed by atoms with E-state index < -0.39 is 10.0 Å². The molecule has 0 spiro atoms. The molecule has 0 unspecified atom stereocenters. The Bertz CT molecular complexity index is 1200. The molecule has 0 N–H and O–H groups in total. The van der Waals surface area contributed by atoms with E-state index in [1.54, 1.807) is 27.4 Å². The minimum atomic E-state index is -3.49. The van der Waals surface area contributed by atoms with E-state index in [0.29, 0.717) is 54.1 Å². The van der Waals surface area contributed by atoms with Crippen molar-refractivity contribution < 1.29 is 12.8 Å². The quantitative estimate of drug-likeness (QED) is 0.560. The van der Waals surface area contributed by atoms with Gasteiger partial charge < -0.3 is 8.98 Å². The summed E-state index contributed by atoms with van der Waals surface area (Å²) in [5.41, 5.74) is 2.06. The molecular formula is C20H25N5O3S2. The van der Waals surface area contributed by atoms with Gasteiger partial charge in [-0.2, -0.15) is 4.31 Å². The van der Waals surface area contributed by atoms with E-state index in [0.717, 1.165) is 11.1 Å². The summed E-state index contributed by atoms with van der Waals surface area (Å²) in [5.74, 6) is 1.33. The molecule has 0 aliphatic carbocycles. The lowest BCUT2D eigenvalue weighted by Gasteiger charge is -2.33. The lowest BCUT2D eigenvalue weighted by molar-refractivity contribution is 0.144. The number of piperazine rings is 1. The molecule has 0 amide bonds. The summed E-state index contributed by atoms with van der Waals surface area (Å²) in [4.78, 5) is 2.51. The van der Waals surface area contributed by atoms with Gasteiger partial charge in [0.1, 0.15) is 0 Å². The third-order valence-corrected chi connectivity index (χ3v) is 7.94. The topological polar surface area (TPSA) is 76.5 Å². The Balaban J connectivity index is 1.45. The highest BCUT2D eigenvalue weighted by Gasteiger charge is 2.29. The van der Waals surface area contributed by atoms with Crippen molar-refractivity contribution in [2.24, 2.45) is 7.05 Å². The zero-order valence-electron chi connectivity index (χ0n) is 17.3. The first-order valence-electron chi connectivity index (χ1n) is 9.75. The van der Waals surface area contributed by atoms with Crippen molar-refractivity contribution in [2.75, 3.05) is 26.2 Å². The van der Waals surface area contributed by atoms with E-state index in [4.69, 9.17) is 16.6 Å². The van der Waals surface area contributed by atoms with Crippen molar-refractivity contribution in [1.82, 2.24) is 23.6 Å². The Hall–Kier alpha value is -2.27. The molecule has 2 aromatic heterocycles. The van der Waals surface area contributed by atoms with Crippen LogP contribution in [0.1, 0.15) is 11.1 Å². The normalized spacial score (nSPS) is 16.2. The number of aryl methyl sites for hydroxylation is 2.